The first-order valence-electron chi connectivity index (χ1n) is 7.79. The van der Waals surface area contributed by atoms with Crippen LogP contribution in [0, 0.1) is 26.9 Å². The zero-order valence-corrected chi connectivity index (χ0v) is 13.5. The van der Waals surface area contributed by atoms with Gasteiger partial charge in [0.2, 0.25) is 0 Å². The lowest BCUT2D eigenvalue weighted by atomic mass is 9.70. The van der Waals surface area contributed by atoms with E-state index in [1.54, 1.807) is 0 Å². The Morgan fingerprint density at radius 2 is 2.13 bits per heavy atom. The van der Waals surface area contributed by atoms with Gasteiger partial charge in [-0.3, -0.25) is 10.1 Å². The standard InChI is InChI=1S/C17H20N2O4/c1-16(2)12-7-8-17(16,3)14(10-12)18-23-15(20)11-5-4-6-13(9-11)19(21)22/h4-6,9,12H,7-8,10H2,1-3H3/b18-14+/t12-,17-/m1/s1. The van der Waals surface area contributed by atoms with Crippen LogP contribution in [0.1, 0.15) is 50.4 Å². The molecule has 2 aliphatic carbocycles. The molecule has 0 amide bonds. The average Bonchev–Trinajstić information content (AvgIpc) is 2.85. The van der Waals surface area contributed by atoms with E-state index in [9.17, 15) is 14.9 Å². The maximum atomic E-state index is 12.1. The maximum Gasteiger partial charge on any atom is 0.365 e. The molecule has 2 fully saturated rings. The van der Waals surface area contributed by atoms with Crippen LogP contribution in [0.2, 0.25) is 0 Å². The van der Waals surface area contributed by atoms with Gasteiger partial charge in [-0.1, -0.05) is 32.0 Å². The Kier molecular flexibility index (Phi) is 3.50. The van der Waals surface area contributed by atoms with Gasteiger partial charge >= 0.3 is 5.97 Å². The molecule has 2 saturated carbocycles. The van der Waals surface area contributed by atoms with Gasteiger partial charge in [-0.2, -0.15) is 0 Å². The number of carbonyl (C=O) groups is 1. The van der Waals surface area contributed by atoms with Crippen molar-refractivity contribution in [2.24, 2.45) is 21.9 Å². The van der Waals surface area contributed by atoms with Crippen molar-refractivity contribution in [2.45, 2.75) is 40.0 Å². The molecule has 0 unspecified atom stereocenters. The van der Waals surface area contributed by atoms with Crippen LogP contribution in [0.3, 0.4) is 0 Å². The van der Waals surface area contributed by atoms with Crippen LogP contribution in [-0.2, 0) is 4.84 Å². The van der Waals surface area contributed by atoms with Crippen molar-refractivity contribution in [3.8, 4) is 0 Å². The van der Waals surface area contributed by atoms with E-state index in [2.05, 4.69) is 25.9 Å². The summed E-state index contributed by atoms with van der Waals surface area (Å²) in [7, 11) is 0. The first-order chi connectivity index (χ1) is 10.8. The Labute approximate surface area is 134 Å². The van der Waals surface area contributed by atoms with Crippen LogP contribution in [0.15, 0.2) is 29.4 Å². The molecule has 2 atom stereocenters. The van der Waals surface area contributed by atoms with Crippen LogP contribution in [0.5, 0.6) is 0 Å². The van der Waals surface area contributed by atoms with Crippen molar-refractivity contribution >= 4 is 17.4 Å². The second kappa shape index (κ2) is 5.15. The number of rotatable bonds is 3. The number of non-ortho nitro benzene ring substituents is 1. The summed E-state index contributed by atoms with van der Waals surface area (Å²) >= 11 is 0. The summed E-state index contributed by atoms with van der Waals surface area (Å²) in [6.07, 6.45) is 3.09. The van der Waals surface area contributed by atoms with Gasteiger partial charge in [0.15, 0.2) is 0 Å². The van der Waals surface area contributed by atoms with Gasteiger partial charge in [-0.15, -0.1) is 0 Å². The molecule has 23 heavy (non-hydrogen) atoms. The van der Waals surface area contributed by atoms with Crippen LogP contribution in [0.25, 0.3) is 0 Å². The predicted molar refractivity (Wildman–Crippen MR) is 85.2 cm³/mol. The molecule has 6 heteroatoms. The molecular weight excluding hydrogens is 296 g/mol. The number of nitro benzene ring substituents is 1. The van der Waals surface area contributed by atoms with Gasteiger partial charge in [0.05, 0.1) is 16.2 Å². The first kappa shape index (κ1) is 15.6. The quantitative estimate of drug-likeness (QED) is 0.480. The highest BCUT2D eigenvalue weighted by Crippen LogP contribution is 2.63. The van der Waals surface area contributed by atoms with Crippen LogP contribution in [-0.4, -0.2) is 16.6 Å². The molecule has 0 aliphatic heterocycles. The minimum absolute atomic E-state index is 0.0410. The lowest BCUT2D eigenvalue weighted by Gasteiger charge is -2.34. The van der Waals surface area contributed by atoms with E-state index >= 15 is 0 Å². The van der Waals surface area contributed by atoms with E-state index in [0.29, 0.717) is 5.92 Å². The molecule has 0 radical (unpaired) electrons. The third kappa shape index (κ3) is 2.33. The summed E-state index contributed by atoms with van der Waals surface area (Å²) in [5, 5.41) is 14.9. The van der Waals surface area contributed by atoms with Gasteiger partial charge in [-0.25, -0.2) is 4.79 Å². The second-order valence-electron chi connectivity index (χ2n) is 7.22. The normalized spacial score (nSPS) is 29.7. The van der Waals surface area contributed by atoms with Crippen molar-refractivity contribution in [2.75, 3.05) is 0 Å². The average molecular weight is 316 g/mol. The van der Waals surface area contributed by atoms with E-state index in [1.807, 2.05) is 0 Å². The van der Waals surface area contributed by atoms with Crippen LogP contribution in [0.4, 0.5) is 5.69 Å². The minimum atomic E-state index is -0.662. The SMILES string of the molecule is CC1(C)[C@@H]2CC[C@]1(C)/C(=N/OC(=O)c1cccc([N+](=O)[O-])c1)C2. The van der Waals surface area contributed by atoms with Gasteiger partial charge in [0.1, 0.15) is 0 Å². The monoisotopic (exact) mass is 316 g/mol. The summed E-state index contributed by atoms with van der Waals surface area (Å²) in [5.41, 5.74) is 1.04. The zero-order valence-electron chi connectivity index (χ0n) is 13.5. The number of benzene rings is 1. The summed E-state index contributed by atoms with van der Waals surface area (Å²) < 4.78 is 0. The van der Waals surface area contributed by atoms with Crippen molar-refractivity contribution in [3.05, 3.63) is 39.9 Å². The minimum Gasteiger partial charge on any atom is -0.313 e. The predicted octanol–water partition coefficient (Wildman–Crippen LogP) is 3.95. The molecule has 0 spiro atoms. The fourth-order valence-corrected chi connectivity index (χ4v) is 3.96. The molecule has 2 aliphatic rings. The van der Waals surface area contributed by atoms with Crippen molar-refractivity contribution in [1.29, 1.82) is 0 Å². The third-order valence-electron chi connectivity index (χ3n) is 6.04. The lowest BCUT2D eigenvalue weighted by Crippen LogP contribution is -2.32. The number of carbonyl (C=O) groups excluding carboxylic acids is 1. The van der Waals surface area contributed by atoms with Crippen LogP contribution >= 0.6 is 0 Å². The molecule has 1 aromatic rings. The first-order valence-corrected chi connectivity index (χ1v) is 7.79. The Hall–Kier alpha value is -2.24. The Morgan fingerprint density at radius 1 is 1.39 bits per heavy atom. The van der Waals surface area contributed by atoms with Gasteiger partial charge < -0.3 is 4.84 Å². The molecule has 1 aromatic carbocycles. The van der Waals surface area contributed by atoms with E-state index in [0.717, 1.165) is 18.6 Å². The topological polar surface area (TPSA) is 81.8 Å². The summed E-state index contributed by atoms with van der Waals surface area (Å²) in [6.45, 7) is 6.67. The lowest BCUT2D eigenvalue weighted by molar-refractivity contribution is -0.384. The maximum absolute atomic E-state index is 12.1. The van der Waals surface area contributed by atoms with E-state index < -0.39 is 10.9 Å². The van der Waals surface area contributed by atoms with Gasteiger partial charge in [-0.05, 0) is 36.7 Å². The molecule has 0 aromatic heterocycles. The van der Waals surface area contributed by atoms with E-state index in [-0.39, 0.29) is 22.1 Å². The van der Waals surface area contributed by atoms with Crippen molar-refractivity contribution in [3.63, 3.8) is 0 Å². The number of hydrogen-bond acceptors (Lipinski definition) is 5. The fourth-order valence-electron chi connectivity index (χ4n) is 3.96. The van der Waals surface area contributed by atoms with Crippen molar-refractivity contribution < 1.29 is 14.6 Å². The number of nitrogens with zero attached hydrogens (tertiary/aromatic N) is 2. The third-order valence-corrected chi connectivity index (χ3v) is 6.04. The molecule has 3 rings (SSSR count). The number of oxime groups is 1. The van der Waals surface area contributed by atoms with Gasteiger partial charge in [0.25, 0.3) is 5.69 Å². The summed E-state index contributed by atoms with van der Waals surface area (Å²) in [5.74, 6) is -0.0897. The molecule has 2 bridgehead atoms. The number of nitro groups is 1. The van der Waals surface area contributed by atoms with Gasteiger partial charge in [0, 0.05) is 17.5 Å². The molecule has 122 valence electrons. The summed E-state index contributed by atoms with van der Waals surface area (Å²) in [6, 6.07) is 5.49. The molecule has 0 heterocycles. The Balaban J connectivity index is 1.78. The smallest absolute Gasteiger partial charge is 0.313 e. The highest BCUT2D eigenvalue weighted by atomic mass is 16.7. The highest BCUT2D eigenvalue weighted by Gasteiger charge is 2.60. The number of fused-ring (bicyclic) bond motifs is 2. The largest absolute Gasteiger partial charge is 0.365 e. The molecule has 0 N–H and O–H groups in total. The molecular formula is C17H20N2O4. The van der Waals surface area contributed by atoms with E-state index in [1.165, 1.54) is 30.7 Å². The zero-order chi connectivity index (χ0) is 16.8. The van der Waals surface area contributed by atoms with Crippen molar-refractivity contribution in [1.82, 2.24) is 0 Å². The fraction of sp³-hybridized carbons (Fsp3) is 0.529. The molecule has 6 nitrogen and oxygen atoms in total. The Morgan fingerprint density at radius 3 is 2.70 bits per heavy atom. The molecule has 0 saturated heterocycles. The summed E-state index contributed by atoms with van der Waals surface area (Å²) in [4.78, 5) is 27.4. The second-order valence-corrected chi connectivity index (χ2v) is 7.22. The van der Waals surface area contributed by atoms with E-state index in [4.69, 9.17) is 4.84 Å². The Bertz CT molecular complexity index is 710. The highest BCUT2D eigenvalue weighted by molar-refractivity contribution is 5.95. The van der Waals surface area contributed by atoms with Crippen LogP contribution < -0.4 is 0 Å². The number of hydrogen-bond donors (Lipinski definition) is 0.